The fourth-order valence-electron chi connectivity index (χ4n) is 1.68. The summed E-state index contributed by atoms with van der Waals surface area (Å²) in [7, 11) is -1.24. The van der Waals surface area contributed by atoms with E-state index in [1.54, 1.807) is 72.7 Å². The number of carbonyl (C=O) groups excluding carboxylic acids is 1. The van der Waals surface area contributed by atoms with Crippen molar-refractivity contribution in [2.75, 3.05) is 5.32 Å². The molecule has 0 fully saturated rings. The van der Waals surface area contributed by atoms with Crippen LogP contribution in [-0.2, 0) is 9.39 Å². The molecule has 1 amide bonds. The van der Waals surface area contributed by atoms with Gasteiger partial charge in [-0.05, 0) is 66.1 Å². The molecule has 7 heteroatoms. The van der Waals surface area contributed by atoms with Gasteiger partial charge < -0.3 is 19.5 Å². The first-order valence-electron chi connectivity index (χ1n) is 7.89. The first-order chi connectivity index (χ1) is 10.7. The third kappa shape index (κ3) is 6.15. The molecular weight excluding hydrogens is 309 g/mol. The van der Waals surface area contributed by atoms with Gasteiger partial charge in [0, 0.05) is 5.69 Å². The van der Waals surface area contributed by atoms with Crippen molar-refractivity contribution in [1.29, 1.82) is 0 Å². The zero-order chi connectivity index (χ0) is 18.8. The van der Waals surface area contributed by atoms with Gasteiger partial charge in [0.05, 0.1) is 11.2 Å². The number of hydrogen-bond acceptors (Lipinski definition) is 5. The maximum atomic E-state index is 11.8. The first-order valence-corrected chi connectivity index (χ1v) is 7.89. The number of ether oxygens (including phenoxy) is 1. The average molecular weight is 337 g/mol. The minimum atomic E-state index is -1.24. The molecule has 0 aromatic heterocycles. The highest BCUT2D eigenvalue weighted by molar-refractivity contribution is 6.60. The van der Waals surface area contributed by atoms with Crippen LogP contribution in [0, 0.1) is 0 Å². The largest absolute Gasteiger partial charge is 0.491 e. The molecule has 0 bridgehead atoms. The lowest BCUT2D eigenvalue weighted by molar-refractivity contribution is -0.0982. The van der Waals surface area contributed by atoms with E-state index < -0.39 is 30.0 Å². The van der Waals surface area contributed by atoms with Crippen molar-refractivity contribution in [2.24, 2.45) is 0 Å². The van der Waals surface area contributed by atoms with Crippen LogP contribution in [0.5, 0.6) is 0 Å². The van der Waals surface area contributed by atoms with Gasteiger partial charge in [0.15, 0.2) is 0 Å². The summed E-state index contributed by atoms with van der Waals surface area (Å²) in [5.74, 6) is 0. The van der Waals surface area contributed by atoms with E-state index in [-0.39, 0.29) is 0 Å². The second kappa shape index (κ2) is 7.13. The Bertz CT molecular complexity index is 575. The molecule has 6 nitrogen and oxygen atoms in total. The second-order valence-electron chi connectivity index (χ2n) is 7.79. The molecule has 0 aliphatic carbocycles. The Morgan fingerprint density at radius 1 is 1.12 bits per heavy atom. The van der Waals surface area contributed by atoms with Crippen LogP contribution in [0.1, 0.15) is 48.5 Å². The van der Waals surface area contributed by atoms with Crippen LogP contribution in [-0.4, -0.2) is 40.1 Å². The van der Waals surface area contributed by atoms with Crippen LogP contribution in [0.4, 0.5) is 10.5 Å². The molecule has 1 aromatic rings. The van der Waals surface area contributed by atoms with Crippen molar-refractivity contribution in [2.45, 2.75) is 65.3 Å². The monoisotopic (exact) mass is 337 g/mol. The summed E-state index contributed by atoms with van der Waals surface area (Å²) >= 11 is 0. The Morgan fingerprint density at radius 2 is 1.71 bits per heavy atom. The van der Waals surface area contributed by atoms with E-state index in [1.807, 2.05) is 0 Å². The Hall–Kier alpha value is -1.57. The van der Waals surface area contributed by atoms with Crippen molar-refractivity contribution in [1.82, 2.24) is 0 Å². The van der Waals surface area contributed by atoms with E-state index in [2.05, 4.69) is 5.32 Å². The van der Waals surface area contributed by atoms with E-state index in [1.165, 1.54) is 0 Å². The number of carbonyl (C=O) groups is 1. The zero-order valence-corrected chi connectivity index (χ0v) is 15.5. The molecule has 0 atom stereocenters. The molecular formula is C17H28BNO5. The maximum absolute atomic E-state index is 11.8. The molecule has 0 saturated heterocycles. The summed E-state index contributed by atoms with van der Waals surface area (Å²) in [6.45, 7) is 11.9. The minimum absolute atomic E-state index is 0.459. The molecule has 0 heterocycles. The van der Waals surface area contributed by atoms with Gasteiger partial charge in [0.1, 0.15) is 5.60 Å². The number of aliphatic hydroxyl groups is 1. The van der Waals surface area contributed by atoms with Crippen LogP contribution in [0.25, 0.3) is 0 Å². The SMILES string of the molecule is CC(C)(C)OC(=O)Nc1cccc(B(O)OC(C)(C)C(C)(C)O)c1. The Labute approximate surface area is 144 Å². The summed E-state index contributed by atoms with van der Waals surface area (Å²) in [6.07, 6.45) is -0.577. The lowest BCUT2D eigenvalue weighted by atomic mass is 9.76. The molecule has 24 heavy (non-hydrogen) atoms. The molecule has 0 unspecified atom stereocenters. The fourth-order valence-corrected chi connectivity index (χ4v) is 1.68. The first kappa shape index (κ1) is 20.5. The topological polar surface area (TPSA) is 88.0 Å². The van der Waals surface area contributed by atoms with E-state index in [0.717, 1.165) is 0 Å². The Kier molecular flexibility index (Phi) is 6.08. The zero-order valence-electron chi connectivity index (χ0n) is 15.5. The number of benzene rings is 1. The normalized spacial score (nSPS) is 12.7. The summed E-state index contributed by atoms with van der Waals surface area (Å²) in [4.78, 5) is 11.8. The smallest absolute Gasteiger partial charge is 0.444 e. The quantitative estimate of drug-likeness (QED) is 0.718. The number of nitrogens with one attached hydrogen (secondary N) is 1. The summed E-state index contributed by atoms with van der Waals surface area (Å²) < 4.78 is 10.8. The molecule has 0 saturated carbocycles. The second-order valence-corrected chi connectivity index (χ2v) is 7.79. The maximum Gasteiger partial charge on any atom is 0.491 e. The summed E-state index contributed by atoms with van der Waals surface area (Å²) in [5, 5.41) is 23.0. The highest BCUT2D eigenvalue weighted by Gasteiger charge is 2.39. The van der Waals surface area contributed by atoms with E-state index in [0.29, 0.717) is 11.2 Å². The molecule has 134 valence electrons. The highest BCUT2D eigenvalue weighted by Crippen LogP contribution is 2.25. The van der Waals surface area contributed by atoms with Gasteiger partial charge in [-0.1, -0.05) is 12.1 Å². The standard InChI is InChI=1S/C17H28BNO5/c1-15(2,3)23-14(20)19-13-10-8-9-12(11-13)18(22)24-17(6,7)16(4,5)21/h8-11,21-22H,1-7H3,(H,19,20). The van der Waals surface area contributed by atoms with Crippen LogP contribution in [0.3, 0.4) is 0 Å². The lowest BCUT2D eigenvalue weighted by Gasteiger charge is -2.38. The predicted molar refractivity (Wildman–Crippen MR) is 95.4 cm³/mol. The van der Waals surface area contributed by atoms with Crippen LogP contribution in [0.2, 0.25) is 0 Å². The van der Waals surface area contributed by atoms with Crippen LogP contribution in [0.15, 0.2) is 24.3 Å². The van der Waals surface area contributed by atoms with Gasteiger partial charge in [-0.25, -0.2) is 4.79 Å². The van der Waals surface area contributed by atoms with Crippen molar-refractivity contribution < 1.29 is 24.3 Å². The van der Waals surface area contributed by atoms with E-state index in [4.69, 9.17) is 9.39 Å². The number of amides is 1. The van der Waals surface area contributed by atoms with E-state index >= 15 is 0 Å². The number of anilines is 1. The van der Waals surface area contributed by atoms with Gasteiger partial charge in [0.25, 0.3) is 0 Å². The molecule has 1 aromatic carbocycles. The van der Waals surface area contributed by atoms with Crippen LogP contribution < -0.4 is 10.8 Å². The van der Waals surface area contributed by atoms with Crippen molar-refractivity contribution >= 4 is 24.4 Å². The molecule has 0 radical (unpaired) electrons. The van der Waals surface area contributed by atoms with Gasteiger partial charge >= 0.3 is 13.2 Å². The predicted octanol–water partition coefficient (Wildman–Crippen LogP) is 2.29. The molecule has 1 rings (SSSR count). The summed E-state index contributed by atoms with van der Waals surface area (Å²) in [6, 6.07) is 6.63. The van der Waals surface area contributed by atoms with Crippen LogP contribution >= 0.6 is 0 Å². The van der Waals surface area contributed by atoms with Crippen molar-refractivity contribution in [3.63, 3.8) is 0 Å². The molecule has 0 aliphatic rings. The average Bonchev–Trinajstić information content (AvgIpc) is 2.34. The molecule has 0 aliphatic heterocycles. The lowest BCUT2D eigenvalue weighted by Crippen LogP contribution is -2.53. The van der Waals surface area contributed by atoms with Gasteiger partial charge in [-0.2, -0.15) is 0 Å². The Morgan fingerprint density at radius 3 is 2.21 bits per heavy atom. The summed E-state index contributed by atoms with van der Waals surface area (Å²) in [5.41, 5.74) is -1.77. The molecule has 0 spiro atoms. The van der Waals surface area contributed by atoms with Gasteiger partial charge in [0.2, 0.25) is 0 Å². The third-order valence-corrected chi connectivity index (χ3v) is 3.70. The number of hydrogen-bond donors (Lipinski definition) is 3. The van der Waals surface area contributed by atoms with Gasteiger partial charge in [-0.3, -0.25) is 5.32 Å². The third-order valence-electron chi connectivity index (χ3n) is 3.70. The minimum Gasteiger partial charge on any atom is -0.444 e. The Balaban J connectivity index is 2.83. The van der Waals surface area contributed by atoms with Gasteiger partial charge in [-0.15, -0.1) is 0 Å². The highest BCUT2D eigenvalue weighted by atomic mass is 16.6. The molecule has 3 N–H and O–H groups in total. The fraction of sp³-hybridized carbons (Fsp3) is 0.588. The van der Waals surface area contributed by atoms with Crippen molar-refractivity contribution in [3.05, 3.63) is 24.3 Å². The van der Waals surface area contributed by atoms with Crippen molar-refractivity contribution in [3.8, 4) is 0 Å². The number of rotatable bonds is 5. The van der Waals surface area contributed by atoms with E-state index in [9.17, 15) is 14.9 Å².